The second-order valence-electron chi connectivity index (χ2n) is 4.99. The van der Waals surface area contributed by atoms with E-state index in [1.807, 2.05) is 0 Å². The Labute approximate surface area is 99.8 Å². The summed E-state index contributed by atoms with van der Waals surface area (Å²) >= 11 is 0. The number of rotatable bonds is 5. The molecule has 1 saturated carbocycles. The lowest BCUT2D eigenvalue weighted by atomic mass is 9.82. The highest BCUT2D eigenvalue weighted by Gasteiger charge is 2.46. The highest BCUT2D eigenvalue weighted by atomic mass is 19.4. The summed E-state index contributed by atoms with van der Waals surface area (Å²) in [5.74, 6) is 0.156. The Kier molecular flexibility index (Phi) is 4.80. The van der Waals surface area contributed by atoms with E-state index in [2.05, 4.69) is 0 Å². The van der Waals surface area contributed by atoms with Gasteiger partial charge in [-0.05, 0) is 32.2 Å². The lowest BCUT2D eigenvalue weighted by molar-refractivity contribution is -0.189. The van der Waals surface area contributed by atoms with E-state index in [1.165, 1.54) is 11.9 Å². The molecule has 0 radical (unpaired) electrons. The Balaban J connectivity index is 2.57. The third-order valence-electron chi connectivity index (χ3n) is 3.44. The average Bonchev–Trinajstić information content (AvgIpc) is 2.13. The summed E-state index contributed by atoms with van der Waals surface area (Å²) in [6.07, 6.45) is -3.15. The van der Waals surface area contributed by atoms with Crippen molar-refractivity contribution in [3.05, 3.63) is 0 Å². The van der Waals surface area contributed by atoms with Gasteiger partial charge in [0.05, 0.1) is 6.10 Å². The Morgan fingerprint density at radius 2 is 1.94 bits per heavy atom. The molecule has 1 aliphatic carbocycles. The van der Waals surface area contributed by atoms with E-state index >= 15 is 0 Å². The topological polar surface area (TPSA) is 49.5 Å². The fraction of sp³-hybridized carbons (Fsp3) is 1.00. The van der Waals surface area contributed by atoms with Crippen LogP contribution in [0.25, 0.3) is 0 Å². The largest absolute Gasteiger partial charge is 0.405 e. The molecule has 0 saturated heterocycles. The second-order valence-corrected chi connectivity index (χ2v) is 4.99. The summed E-state index contributed by atoms with van der Waals surface area (Å²) < 4.78 is 38.7. The molecule has 2 atom stereocenters. The fourth-order valence-electron chi connectivity index (χ4n) is 2.41. The summed E-state index contributed by atoms with van der Waals surface area (Å²) in [5.41, 5.74) is 5.56. The Bertz CT molecular complexity index is 241. The van der Waals surface area contributed by atoms with Crippen molar-refractivity contribution in [3.8, 4) is 0 Å². The van der Waals surface area contributed by atoms with Gasteiger partial charge in [-0.25, -0.2) is 0 Å². The molecular weight excluding hydrogens is 233 g/mol. The van der Waals surface area contributed by atoms with Gasteiger partial charge in [0.25, 0.3) is 0 Å². The van der Waals surface area contributed by atoms with Gasteiger partial charge in [-0.1, -0.05) is 6.92 Å². The monoisotopic (exact) mass is 254 g/mol. The molecule has 0 aromatic heterocycles. The second kappa shape index (κ2) is 5.54. The molecule has 0 bridgehead atoms. The van der Waals surface area contributed by atoms with Crippen LogP contribution >= 0.6 is 0 Å². The summed E-state index contributed by atoms with van der Waals surface area (Å²) in [6, 6.07) is -2.49. The minimum atomic E-state index is -4.30. The van der Waals surface area contributed by atoms with Gasteiger partial charge in [0.1, 0.15) is 6.04 Å². The van der Waals surface area contributed by atoms with Crippen LogP contribution in [0.1, 0.15) is 26.2 Å². The van der Waals surface area contributed by atoms with Crippen LogP contribution < -0.4 is 5.73 Å². The summed E-state index contributed by atoms with van der Waals surface area (Å²) in [6.45, 7) is 2.00. The van der Waals surface area contributed by atoms with Gasteiger partial charge in [-0.2, -0.15) is 13.2 Å². The summed E-state index contributed by atoms with van der Waals surface area (Å²) in [5, 5.41) is 9.12. The van der Waals surface area contributed by atoms with Crippen molar-refractivity contribution in [2.45, 2.75) is 50.6 Å². The van der Waals surface area contributed by atoms with Crippen molar-refractivity contribution in [2.75, 3.05) is 13.6 Å². The zero-order valence-corrected chi connectivity index (χ0v) is 10.2. The normalized spacial score (nSPS) is 28.9. The van der Waals surface area contributed by atoms with Crippen LogP contribution in [0.15, 0.2) is 0 Å². The van der Waals surface area contributed by atoms with E-state index in [9.17, 15) is 13.2 Å². The molecule has 3 nitrogen and oxygen atoms in total. The van der Waals surface area contributed by atoms with Crippen molar-refractivity contribution < 1.29 is 18.3 Å². The molecule has 0 heterocycles. The smallest absolute Gasteiger partial charge is 0.393 e. The SMILES string of the molecule is CCC(N)C(N(C)CC1CC(O)C1)C(F)(F)F. The molecule has 0 spiro atoms. The first-order valence-electron chi connectivity index (χ1n) is 5.96. The van der Waals surface area contributed by atoms with Crippen LogP contribution in [0.2, 0.25) is 0 Å². The number of alkyl halides is 3. The number of nitrogens with zero attached hydrogens (tertiary/aromatic N) is 1. The maximum atomic E-state index is 12.9. The molecule has 0 amide bonds. The molecule has 0 aliphatic heterocycles. The molecule has 2 unspecified atom stereocenters. The molecule has 0 aromatic rings. The number of aliphatic hydroxyl groups is 1. The first-order valence-corrected chi connectivity index (χ1v) is 5.96. The number of likely N-dealkylation sites (N-methyl/N-ethyl adjacent to an activating group) is 1. The molecule has 1 aliphatic rings. The molecule has 3 N–H and O–H groups in total. The lowest BCUT2D eigenvalue weighted by Gasteiger charge is -2.39. The van der Waals surface area contributed by atoms with Crippen molar-refractivity contribution in [3.63, 3.8) is 0 Å². The van der Waals surface area contributed by atoms with E-state index in [-0.39, 0.29) is 12.0 Å². The molecule has 0 aromatic carbocycles. The highest BCUT2D eigenvalue weighted by Crippen LogP contribution is 2.32. The first-order chi connectivity index (χ1) is 7.75. The number of nitrogens with two attached hydrogens (primary N) is 1. The summed E-state index contributed by atoms with van der Waals surface area (Å²) in [4.78, 5) is 1.28. The predicted octanol–water partition coefficient (Wildman–Crippen LogP) is 1.36. The van der Waals surface area contributed by atoms with Crippen LogP contribution in [-0.4, -0.2) is 48.0 Å². The number of hydrogen-bond donors (Lipinski definition) is 2. The van der Waals surface area contributed by atoms with Crippen molar-refractivity contribution >= 4 is 0 Å². The van der Waals surface area contributed by atoms with Crippen LogP contribution in [0, 0.1) is 5.92 Å². The van der Waals surface area contributed by atoms with E-state index in [1.54, 1.807) is 6.92 Å². The van der Waals surface area contributed by atoms with Gasteiger partial charge < -0.3 is 10.8 Å². The average molecular weight is 254 g/mol. The van der Waals surface area contributed by atoms with Gasteiger partial charge >= 0.3 is 6.18 Å². The third-order valence-corrected chi connectivity index (χ3v) is 3.44. The quantitative estimate of drug-likeness (QED) is 0.779. The van der Waals surface area contributed by atoms with Gasteiger partial charge in [-0.15, -0.1) is 0 Å². The van der Waals surface area contributed by atoms with Crippen LogP contribution in [0.3, 0.4) is 0 Å². The van der Waals surface area contributed by atoms with Crippen molar-refractivity contribution in [1.29, 1.82) is 0 Å². The van der Waals surface area contributed by atoms with E-state index in [0.29, 0.717) is 25.8 Å². The van der Waals surface area contributed by atoms with Crippen LogP contribution in [0.5, 0.6) is 0 Å². The maximum Gasteiger partial charge on any atom is 0.405 e. The minimum Gasteiger partial charge on any atom is -0.393 e. The molecule has 6 heteroatoms. The molecule has 1 fully saturated rings. The standard InChI is InChI=1S/C11H21F3N2O/c1-3-9(15)10(11(12,13)14)16(2)6-7-4-8(17)5-7/h7-10,17H,3-6,15H2,1-2H3. The van der Waals surface area contributed by atoms with Gasteiger partial charge in [-0.3, -0.25) is 4.90 Å². The minimum absolute atomic E-state index is 0.156. The molecule has 1 rings (SSSR count). The van der Waals surface area contributed by atoms with Gasteiger partial charge in [0, 0.05) is 12.6 Å². The number of hydrogen-bond acceptors (Lipinski definition) is 3. The number of halogens is 3. The van der Waals surface area contributed by atoms with E-state index < -0.39 is 18.3 Å². The van der Waals surface area contributed by atoms with Crippen LogP contribution in [0.4, 0.5) is 13.2 Å². The van der Waals surface area contributed by atoms with Gasteiger partial charge in [0.2, 0.25) is 0 Å². The third kappa shape index (κ3) is 3.82. The Morgan fingerprint density at radius 1 is 1.41 bits per heavy atom. The molecule has 17 heavy (non-hydrogen) atoms. The van der Waals surface area contributed by atoms with Crippen molar-refractivity contribution in [2.24, 2.45) is 11.7 Å². The molecule has 102 valence electrons. The predicted molar refractivity (Wildman–Crippen MR) is 59.5 cm³/mol. The summed E-state index contributed by atoms with van der Waals surface area (Å²) in [7, 11) is 1.46. The Morgan fingerprint density at radius 3 is 2.29 bits per heavy atom. The van der Waals surface area contributed by atoms with E-state index in [4.69, 9.17) is 10.8 Å². The molecular formula is C11H21F3N2O. The Hall–Kier alpha value is -0.330. The van der Waals surface area contributed by atoms with Crippen molar-refractivity contribution in [1.82, 2.24) is 4.90 Å². The van der Waals surface area contributed by atoms with Crippen LogP contribution in [-0.2, 0) is 0 Å². The number of aliphatic hydroxyl groups excluding tert-OH is 1. The zero-order chi connectivity index (χ0) is 13.2. The fourth-order valence-corrected chi connectivity index (χ4v) is 2.41. The van der Waals surface area contributed by atoms with Gasteiger partial charge in [0.15, 0.2) is 0 Å². The first kappa shape index (κ1) is 14.7. The maximum absolute atomic E-state index is 12.9. The lowest BCUT2D eigenvalue weighted by Crippen LogP contribution is -2.56. The van der Waals surface area contributed by atoms with E-state index in [0.717, 1.165) is 0 Å². The zero-order valence-electron chi connectivity index (χ0n) is 10.2. The highest BCUT2D eigenvalue weighted by molar-refractivity contribution is 4.89.